The predicted molar refractivity (Wildman–Crippen MR) is 112 cm³/mol. The average molecular weight is 421 g/mol. The monoisotopic (exact) mass is 421 g/mol. The second-order valence-corrected chi connectivity index (χ2v) is 8.06. The zero-order valence-corrected chi connectivity index (χ0v) is 16.9. The van der Waals surface area contributed by atoms with Gasteiger partial charge in [0, 0.05) is 24.6 Å². The number of rotatable bonds is 3. The first-order chi connectivity index (χ1) is 15.0. The molecule has 2 atom stereocenters. The van der Waals surface area contributed by atoms with Crippen molar-refractivity contribution in [3.63, 3.8) is 0 Å². The van der Waals surface area contributed by atoms with Gasteiger partial charge >= 0.3 is 0 Å². The molecule has 5 rings (SSSR count). The fourth-order valence-electron chi connectivity index (χ4n) is 4.37. The zero-order chi connectivity index (χ0) is 21.5. The highest BCUT2D eigenvalue weighted by atomic mass is 19.3. The fraction of sp³-hybridized carbons (Fsp3) is 0.304. The Kier molecular flexibility index (Phi) is 4.84. The summed E-state index contributed by atoms with van der Waals surface area (Å²) in [6.07, 6.45) is -0.617. The van der Waals surface area contributed by atoms with Gasteiger partial charge in [0.05, 0.1) is 5.69 Å². The molecule has 0 aliphatic carbocycles. The summed E-state index contributed by atoms with van der Waals surface area (Å²) >= 11 is 0. The highest BCUT2D eigenvalue weighted by Crippen LogP contribution is 2.34. The van der Waals surface area contributed by atoms with Crippen molar-refractivity contribution in [3.8, 4) is 0 Å². The summed E-state index contributed by atoms with van der Waals surface area (Å²) in [5.41, 5.74) is 0.919. The van der Waals surface area contributed by atoms with Crippen molar-refractivity contribution in [2.45, 2.75) is 25.7 Å². The summed E-state index contributed by atoms with van der Waals surface area (Å²) in [6.45, 7) is 3.12. The smallest absolute Gasteiger partial charge is 0.280 e. The van der Waals surface area contributed by atoms with Gasteiger partial charge in [-0.1, -0.05) is 37.3 Å². The van der Waals surface area contributed by atoms with Crippen molar-refractivity contribution in [1.82, 2.24) is 24.5 Å². The topological polar surface area (TPSA) is 63.4 Å². The van der Waals surface area contributed by atoms with E-state index in [0.29, 0.717) is 24.3 Å². The van der Waals surface area contributed by atoms with Gasteiger partial charge in [0.1, 0.15) is 12.0 Å². The minimum atomic E-state index is -2.70. The van der Waals surface area contributed by atoms with Crippen LogP contribution in [0, 0.1) is 5.92 Å². The van der Waals surface area contributed by atoms with Crippen LogP contribution in [0.15, 0.2) is 54.9 Å². The van der Waals surface area contributed by atoms with E-state index in [1.54, 1.807) is 4.90 Å². The molecule has 31 heavy (non-hydrogen) atoms. The molecule has 8 heteroatoms. The maximum atomic E-state index is 13.4. The minimum absolute atomic E-state index is 0.0550. The van der Waals surface area contributed by atoms with Crippen LogP contribution in [0.4, 0.5) is 8.78 Å². The summed E-state index contributed by atoms with van der Waals surface area (Å²) in [5.74, 6) is 0.141. The number of likely N-dealkylation sites (tertiary alicyclic amines) is 1. The number of benzene rings is 2. The second kappa shape index (κ2) is 7.68. The van der Waals surface area contributed by atoms with Gasteiger partial charge in [-0.3, -0.25) is 4.79 Å². The van der Waals surface area contributed by atoms with E-state index in [4.69, 9.17) is 0 Å². The summed E-state index contributed by atoms with van der Waals surface area (Å²) in [4.78, 5) is 23.0. The Labute approximate surface area is 177 Å². The number of hydrogen-bond donors (Lipinski definition) is 0. The van der Waals surface area contributed by atoms with Crippen molar-refractivity contribution in [2.75, 3.05) is 13.1 Å². The molecule has 0 spiro atoms. The van der Waals surface area contributed by atoms with E-state index in [9.17, 15) is 13.6 Å². The number of nitrogens with zero attached hydrogens (tertiary/aromatic N) is 5. The van der Waals surface area contributed by atoms with Crippen molar-refractivity contribution in [2.24, 2.45) is 5.92 Å². The SMILES string of the molecule is C[C@@H]1CCN(C(=O)c2ccc3ccccc3c2)C[C@H]1c1cc(C(F)F)nc2ncnn12. The van der Waals surface area contributed by atoms with Crippen LogP contribution < -0.4 is 0 Å². The van der Waals surface area contributed by atoms with Crippen LogP contribution in [0.25, 0.3) is 16.6 Å². The number of carbonyl (C=O) groups is 1. The van der Waals surface area contributed by atoms with Gasteiger partial charge in [0.2, 0.25) is 0 Å². The van der Waals surface area contributed by atoms with E-state index in [1.165, 1.54) is 16.9 Å². The molecule has 0 radical (unpaired) electrons. The molecule has 2 aromatic heterocycles. The highest BCUT2D eigenvalue weighted by Gasteiger charge is 2.33. The molecule has 1 aliphatic rings. The molecule has 1 fully saturated rings. The van der Waals surface area contributed by atoms with Crippen molar-refractivity contribution >= 4 is 22.5 Å². The van der Waals surface area contributed by atoms with Crippen LogP contribution >= 0.6 is 0 Å². The predicted octanol–water partition coefficient (Wildman–Crippen LogP) is 4.48. The first kappa shape index (κ1) is 19.5. The lowest BCUT2D eigenvalue weighted by Gasteiger charge is -2.37. The molecule has 1 aliphatic heterocycles. The number of hydrogen-bond acceptors (Lipinski definition) is 4. The number of amides is 1. The number of piperidine rings is 1. The van der Waals surface area contributed by atoms with Crippen LogP contribution in [0.1, 0.15) is 47.4 Å². The average Bonchev–Trinajstić information content (AvgIpc) is 3.27. The molecule has 0 N–H and O–H groups in total. The molecule has 4 aromatic rings. The van der Waals surface area contributed by atoms with Gasteiger partial charge in [0.25, 0.3) is 18.1 Å². The normalized spacial score (nSPS) is 19.4. The summed E-state index contributed by atoms with van der Waals surface area (Å²) in [6, 6.07) is 15.0. The quantitative estimate of drug-likeness (QED) is 0.489. The molecule has 0 bridgehead atoms. The van der Waals surface area contributed by atoms with Gasteiger partial charge in [-0.2, -0.15) is 10.1 Å². The van der Waals surface area contributed by atoms with Crippen LogP contribution in [-0.4, -0.2) is 43.5 Å². The summed E-state index contributed by atoms with van der Waals surface area (Å²) < 4.78 is 28.3. The Morgan fingerprint density at radius 3 is 2.74 bits per heavy atom. The number of halogens is 2. The maximum Gasteiger partial charge on any atom is 0.280 e. The number of carbonyl (C=O) groups excluding carboxylic acids is 1. The maximum absolute atomic E-state index is 13.4. The molecular weight excluding hydrogens is 400 g/mol. The van der Waals surface area contributed by atoms with Gasteiger partial charge in [-0.05, 0) is 41.3 Å². The second-order valence-electron chi connectivity index (χ2n) is 8.06. The van der Waals surface area contributed by atoms with E-state index < -0.39 is 6.43 Å². The fourth-order valence-corrected chi connectivity index (χ4v) is 4.37. The largest absolute Gasteiger partial charge is 0.338 e. The summed E-state index contributed by atoms with van der Waals surface area (Å²) in [7, 11) is 0. The van der Waals surface area contributed by atoms with Crippen LogP contribution in [0.2, 0.25) is 0 Å². The molecule has 1 amide bonds. The van der Waals surface area contributed by atoms with Crippen molar-refractivity contribution in [1.29, 1.82) is 0 Å². The van der Waals surface area contributed by atoms with E-state index in [0.717, 1.165) is 17.2 Å². The van der Waals surface area contributed by atoms with Gasteiger partial charge < -0.3 is 4.90 Å². The third-order valence-corrected chi connectivity index (χ3v) is 6.14. The van der Waals surface area contributed by atoms with E-state index >= 15 is 0 Å². The van der Waals surface area contributed by atoms with Gasteiger partial charge in [-0.15, -0.1) is 0 Å². The zero-order valence-electron chi connectivity index (χ0n) is 16.9. The Balaban J connectivity index is 1.48. The third kappa shape index (κ3) is 3.52. The number of fused-ring (bicyclic) bond motifs is 2. The Bertz CT molecular complexity index is 1270. The van der Waals surface area contributed by atoms with Crippen molar-refractivity contribution < 1.29 is 13.6 Å². The van der Waals surface area contributed by atoms with Crippen LogP contribution in [0.3, 0.4) is 0 Å². The van der Waals surface area contributed by atoms with Gasteiger partial charge in [-0.25, -0.2) is 18.3 Å². The Morgan fingerprint density at radius 1 is 1.13 bits per heavy atom. The molecule has 158 valence electrons. The van der Waals surface area contributed by atoms with E-state index in [1.807, 2.05) is 42.5 Å². The highest BCUT2D eigenvalue weighted by molar-refractivity contribution is 5.98. The Morgan fingerprint density at radius 2 is 1.94 bits per heavy atom. The lowest BCUT2D eigenvalue weighted by Crippen LogP contribution is -2.42. The molecule has 0 saturated carbocycles. The summed E-state index contributed by atoms with van der Waals surface area (Å²) in [5, 5.41) is 6.27. The van der Waals surface area contributed by atoms with Crippen molar-refractivity contribution in [3.05, 3.63) is 71.8 Å². The molecule has 6 nitrogen and oxygen atoms in total. The number of aromatic nitrogens is 4. The van der Waals surface area contributed by atoms with E-state index in [2.05, 4.69) is 22.0 Å². The van der Waals surface area contributed by atoms with E-state index in [-0.39, 0.29) is 29.2 Å². The number of alkyl halides is 2. The van der Waals surface area contributed by atoms with Gasteiger partial charge in [0.15, 0.2) is 0 Å². The molecule has 1 saturated heterocycles. The lowest BCUT2D eigenvalue weighted by atomic mass is 9.84. The Hall–Kier alpha value is -3.42. The molecular formula is C23H21F2N5O. The first-order valence-electron chi connectivity index (χ1n) is 10.3. The van der Waals surface area contributed by atoms with Crippen LogP contribution in [0.5, 0.6) is 0 Å². The lowest BCUT2D eigenvalue weighted by molar-refractivity contribution is 0.0665. The van der Waals surface area contributed by atoms with Crippen LogP contribution in [-0.2, 0) is 0 Å². The molecule has 0 unspecified atom stereocenters. The minimum Gasteiger partial charge on any atom is -0.338 e. The molecule has 2 aromatic carbocycles. The standard InChI is InChI=1S/C23H21F2N5O/c1-14-8-9-29(22(31)17-7-6-15-4-2-3-5-16(15)10-17)12-18(14)20-11-19(21(24)25)28-23-26-13-27-30(20)23/h2-7,10-11,13-14,18,21H,8-9,12H2,1H3/t14-,18-/m1/s1. The first-order valence-corrected chi connectivity index (χ1v) is 10.3. The molecule has 3 heterocycles. The third-order valence-electron chi connectivity index (χ3n) is 6.14.